The van der Waals surface area contributed by atoms with E-state index in [0.717, 1.165) is 32.1 Å². The number of rotatable bonds is 2. The van der Waals surface area contributed by atoms with Gasteiger partial charge in [-0.15, -0.1) is 0 Å². The van der Waals surface area contributed by atoms with Crippen LogP contribution in [0, 0.1) is 5.92 Å². The topological polar surface area (TPSA) is 59.0 Å². The number of nitrogens with zero attached hydrogens (tertiary/aromatic N) is 2. The first-order chi connectivity index (χ1) is 11.6. The number of imide groups is 1. The minimum Gasteiger partial charge on any atom is -0.381 e. The van der Waals surface area contributed by atoms with Crippen LogP contribution in [0.4, 0.5) is 0 Å². The minimum atomic E-state index is -0.860. The standard InChI is InChI=1S/C17H16Cl2N2O3/c18-9-6-7-11(12(19)8-9)14-13-15(24-20-14)17(23)21(16(13)22)10-4-2-1-3-5-10/h6-8,10,13,15H,1-5H2/t13-,15-/m0/s1. The first-order valence-electron chi connectivity index (χ1n) is 8.14. The fourth-order valence-corrected chi connectivity index (χ4v) is 4.32. The molecule has 0 aromatic heterocycles. The Morgan fingerprint density at radius 2 is 1.83 bits per heavy atom. The number of halogens is 2. The van der Waals surface area contributed by atoms with Gasteiger partial charge >= 0.3 is 0 Å². The summed E-state index contributed by atoms with van der Waals surface area (Å²) in [6.45, 7) is 0. The second-order valence-corrected chi connectivity index (χ2v) is 7.29. The van der Waals surface area contributed by atoms with Gasteiger partial charge in [-0.1, -0.05) is 53.7 Å². The summed E-state index contributed by atoms with van der Waals surface area (Å²) in [5.41, 5.74) is 0.999. The van der Waals surface area contributed by atoms with E-state index in [0.29, 0.717) is 21.3 Å². The van der Waals surface area contributed by atoms with Gasteiger partial charge in [-0.25, -0.2) is 0 Å². The van der Waals surface area contributed by atoms with E-state index in [1.54, 1.807) is 18.2 Å². The summed E-state index contributed by atoms with van der Waals surface area (Å²) in [6, 6.07) is 4.96. The first-order valence-corrected chi connectivity index (χ1v) is 8.89. The third kappa shape index (κ3) is 2.42. The molecule has 1 aromatic carbocycles. The van der Waals surface area contributed by atoms with E-state index in [2.05, 4.69) is 5.16 Å². The molecule has 126 valence electrons. The van der Waals surface area contributed by atoms with Crippen molar-refractivity contribution in [1.29, 1.82) is 0 Å². The lowest BCUT2D eigenvalue weighted by Gasteiger charge is -2.29. The molecule has 0 radical (unpaired) electrons. The molecular formula is C17H16Cl2N2O3. The van der Waals surface area contributed by atoms with Crippen LogP contribution in [-0.4, -0.2) is 34.6 Å². The summed E-state index contributed by atoms with van der Waals surface area (Å²) < 4.78 is 0. The maximum absolute atomic E-state index is 12.9. The van der Waals surface area contributed by atoms with Gasteiger partial charge in [0.1, 0.15) is 11.6 Å². The Balaban J connectivity index is 1.65. The molecule has 1 saturated heterocycles. The largest absolute Gasteiger partial charge is 0.381 e. The van der Waals surface area contributed by atoms with Crippen LogP contribution in [0.2, 0.25) is 10.0 Å². The predicted octanol–water partition coefficient (Wildman–Crippen LogP) is 3.41. The van der Waals surface area contributed by atoms with Crippen molar-refractivity contribution < 1.29 is 14.4 Å². The summed E-state index contributed by atoms with van der Waals surface area (Å²) in [4.78, 5) is 32.3. The van der Waals surface area contributed by atoms with Crippen LogP contribution >= 0.6 is 23.2 Å². The normalized spacial score (nSPS) is 27.2. The Morgan fingerprint density at radius 3 is 2.54 bits per heavy atom. The second kappa shape index (κ2) is 6.05. The fourth-order valence-electron chi connectivity index (χ4n) is 3.82. The van der Waals surface area contributed by atoms with E-state index in [-0.39, 0.29) is 17.9 Å². The lowest BCUT2D eigenvalue weighted by atomic mass is 9.93. The van der Waals surface area contributed by atoms with E-state index in [4.69, 9.17) is 28.0 Å². The summed E-state index contributed by atoms with van der Waals surface area (Å²) in [6.07, 6.45) is 4.12. The van der Waals surface area contributed by atoms with Gasteiger partial charge in [-0.3, -0.25) is 14.5 Å². The van der Waals surface area contributed by atoms with Gasteiger partial charge in [0.15, 0.2) is 0 Å². The van der Waals surface area contributed by atoms with Gasteiger partial charge in [-0.2, -0.15) is 0 Å². The molecule has 7 heteroatoms. The molecule has 0 unspecified atom stereocenters. The lowest BCUT2D eigenvalue weighted by Crippen LogP contribution is -2.43. The highest BCUT2D eigenvalue weighted by atomic mass is 35.5. The van der Waals surface area contributed by atoms with Crippen LogP contribution in [0.25, 0.3) is 0 Å². The number of likely N-dealkylation sites (tertiary alicyclic amines) is 1. The van der Waals surface area contributed by atoms with Gasteiger partial charge in [0, 0.05) is 16.6 Å². The van der Waals surface area contributed by atoms with Crippen molar-refractivity contribution in [2.75, 3.05) is 0 Å². The monoisotopic (exact) mass is 366 g/mol. The number of oxime groups is 1. The van der Waals surface area contributed by atoms with Crippen LogP contribution < -0.4 is 0 Å². The Labute approximate surface area is 149 Å². The minimum absolute atomic E-state index is 0.0186. The highest BCUT2D eigenvalue weighted by molar-refractivity contribution is 6.38. The van der Waals surface area contributed by atoms with Crippen molar-refractivity contribution in [2.45, 2.75) is 44.2 Å². The average Bonchev–Trinajstić information content (AvgIpc) is 3.09. The summed E-state index contributed by atoms with van der Waals surface area (Å²) in [7, 11) is 0. The van der Waals surface area contributed by atoms with E-state index in [1.165, 1.54) is 4.90 Å². The first kappa shape index (κ1) is 15.9. The number of amides is 2. The van der Waals surface area contributed by atoms with Crippen molar-refractivity contribution in [3.05, 3.63) is 33.8 Å². The number of carbonyl (C=O) groups excluding carboxylic acids is 2. The molecule has 0 bridgehead atoms. The molecule has 2 fully saturated rings. The Kier molecular flexibility index (Phi) is 4.01. The molecule has 0 spiro atoms. The predicted molar refractivity (Wildman–Crippen MR) is 90.1 cm³/mol. The Morgan fingerprint density at radius 1 is 1.08 bits per heavy atom. The Bertz CT molecular complexity index is 743. The third-order valence-corrected chi connectivity index (χ3v) is 5.54. The molecule has 2 heterocycles. The number of benzene rings is 1. The van der Waals surface area contributed by atoms with E-state index in [1.807, 2.05) is 0 Å². The van der Waals surface area contributed by atoms with Crippen molar-refractivity contribution in [2.24, 2.45) is 11.1 Å². The number of carbonyl (C=O) groups is 2. The number of hydrogen-bond acceptors (Lipinski definition) is 4. The highest BCUT2D eigenvalue weighted by Gasteiger charge is 2.57. The van der Waals surface area contributed by atoms with E-state index >= 15 is 0 Å². The molecule has 1 saturated carbocycles. The maximum Gasteiger partial charge on any atom is 0.274 e. The van der Waals surface area contributed by atoms with Crippen LogP contribution in [0.5, 0.6) is 0 Å². The number of hydrogen-bond donors (Lipinski definition) is 0. The molecule has 5 nitrogen and oxygen atoms in total. The zero-order valence-corrected chi connectivity index (χ0v) is 14.4. The maximum atomic E-state index is 12.9. The lowest BCUT2D eigenvalue weighted by molar-refractivity contribution is -0.145. The van der Waals surface area contributed by atoms with Gasteiger partial charge in [0.2, 0.25) is 12.0 Å². The zero-order valence-electron chi connectivity index (χ0n) is 12.9. The summed E-state index contributed by atoms with van der Waals surface area (Å²) in [5, 5.41) is 4.87. The zero-order chi connectivity index (χ0) is 16.8. The molecule has 24 heavy (non-hydrogen) atoms. The summed E-state index contributed by atoms with van der Waals surface area (Å²) >= 11 is 12.2. The van der Waals surface area contributed by atoms with Crippen molar-refractivity contribution in [1.82, 2.24) is 4.90 Å². The van der Waals surface area contributed by atoms with Crippen LogP contribution in [0.15, 0.2) is 23.4 Å². The van der Waals surface area contributed by atoms with Crippen molar-refractivity contribution >= 4 is 40.7 Å². The Hall–Kier alpha value is -1.59. The molecule has 2 amide bonds. The van der Waals surface area contributed by atoms with Crippen LogP contribution in [0.1, 0.15) is 37.7 Å². The summed E-state index contributed by atoms with van der Waals surface area (Å²) in [5.74, 6) is -1.21. The smallest absolute Gasteiger partial charge is 0.274 e. The molecule has 4 rings (SSSR count). The molecule has 3 aliphatic rings. The average molecular weight is 367 g/mol. The van der Waals surface area contributed by atoms with Crippen molar-refractivity contribution in [3.63, 3.8) is 0 Å². The molecule has 0 N–H and O–H groups in total. The molecule has 2 atom stereocenters. The number of fused-ring (bicyclic) bond motifs is 1. The van der Waals surface area contributed by atoms with E-state index < -0.39 is 12.0 Å². The molecule has 1 aliphatic carbocycles. The van der Waals surface area contributed by atoms with E-state index in [9.17, 15) is 9.59 Å². The quantitative estimate of drug-likeness (QED) is 0.753. The van der Waals surface area contributed by atoms with Gasteiger partial charge in [0.05, 0.1) is 5.02 Å². The molecule has 2 aliphatic heterocycles. The second-order valence-electron chi connectivity index (χ2n) is 6.44. The van der Waals surface area contributed by atoms with Gasteiger partial charge in [-0.05, 0) is 25.0 Å². The third-order valence-electron chi connectivity index (χ3n) is 4.99. The van der Waals surface area contributed by atoms with Crippen LogP contribution in [-0.2, 0) is 14.4 Å². The molecular weight excluding hydrogens is 351 g/mol. The fraction of sp³-hybridized carbons (Fsp3) is 0.471. The SMILES string of the molecule is O=C1[C@H]2C(c3ccc(Cl)cc3Cl)=NO[C@@H]2C(=O)N1C1CCCCC1. The van der Waals surface area contributed by atoms with Gasteiger partial charge in [0.25, 0.3) is 5.91 Å². The molecule has 1 aromatic rings. The highest BCUT2D eigenvalue weighted by Crippen LogP contribution is 2.37. The van der Waals surface area contributed by atoms with Crippen LogP contribution in [0.3, 0.4) is 0 Å². The van der Waals surface area contributed by atoms with Gasteiger partial charge < -0.3 is 4.84 Å². The van der Waals surface area contributed by atoms with Crippen molar-refractivity contribution in [3.8, 4) is 0 Å².